The van der Waals surface area contributed by atoms with E-state index in [4.69, 9.17) is 4.74 Å². The van der Waals surface area contributed by atoms with E-state index >= 15 is 0 Å². The second-order valence-corrected chi connectivity index (χ2v) is 9.08. The average Bonchev–Trinajstić information content (AvgIpc) is 2.73. The molecule has 8 heteroatoms. The summed E-state index contributed by atoms with van der Waals surface area (Å²) < 4.78 is 31.9. The Morgan fingerprint density at radius 3 is 2.30 bits per heavy atom. The van der Waals surface area contributed by atoms with Crippen molar-refractivity contribution in [3.63, 3.8) is 0 Å². The zero-order valence-electron chi connectivity index (χ0n) is 15.5. The molecule has 1 unspecified atom stereocenters. The fraction of sp³-hybridized carbons (Fsp3) is 0.579. The van der Waals surface area contributed by atoms with Gasteiger partial charge < -0.3 is 9.64 Å². The first-order chi connectivity index (χ1) is 12.9. The molecule has 2 aliphatic heterocycles. The lowest BCUT2D eigenvalue weighted by molar-refractivity contribution is -0.149. The summed E-state index contributed by atoms with van der Waals surface area (Å²) in [5, 5.41) is 0. The molecule has 0 spiro atoms. The summed E-state index contributed by atoms with van der Waals surface area (Å²) >= 11 is 0. The predicted octanol–water partition coefficient (Wildman–Crippen LogP) is 1.50. The first-order valence-corrected chi connectivity index (χ1v) is 10.8. The highest BCUT2D eigenvalue weighted by atomic mass is 32.2. The predicted molar refractivity (Wildman–Crippen MR) is 99.2 cm³/mol. The van der Waals surface area contributed by atoms with Crippen LogP contribution in [0.4, 0.5) is 0 Å². The quantitative estimate of drug-likeness (QED) is 0.723. The van der Waals surface area contributed by atoms with Crippen molar-refractivity contribution in [3.05, 3.63) is 30.3 Å². The Labute approximate surface area is 160 Å². The van der Waals surface area contributed by atoms with Gasteiger partial charge in [0.15, 0.2) is 0 Å². The van der Waals surface area contributed by atoms with Crippen LogP contribution in [0.15, 0.2) is 35.2 Å². The number of sulfonamides is 1. The maximum Gasteiger partial charge on any atom is 0.308 e. The van der Waals surface area contributed by atoms with Gasteiger partial charge in [-0.3, -0.25) is 9.59 Å². The maximum atomic E-state index is 12.9. The topological polar surface area (TPSA) is 84.0 Å². The number of amides is 1. The number of carbonyl (C=O) groups excluding carboxylic acids is 2. The van der Waals surface area contributed by atoms with E-state index in [0.29, 0.717) is 45.3 Å². The smallest absolute Gasteiger partial charge is 0.308 e. The normalized spacial score (nSPS) is 22.4. The Morgan fingerprint density at radius 1 is 1.00 bits per heavy atom. The Balaban J connectivity index is 1.63. The van der Waals surface area contributed by atoms with Gasteiger partial charge in [0.1, 0.15) is 0 Å². The lowest BCUT2D eigenvalue weighted by Gasteiger charge is -2.37. The molecule has 148 valence electrons. The third-order valence-corrected chi connectivity index (χ3v) is 7.33. The van der Waals surface area contributed by atoms with Crippen LogP contribution in [0, 0.1) is 11.8 Å². The molecule has 0 radical (unpaired) electrons. The van der Waals surface area contributed by atoms with Crippen LogP contribution in [0.25, 0.3) is 0 Å². The molecule has 1 aromatic carbocycles. The lowest BCUT2D eigenvalue weighted by Crippen LogP contribution is -2.49. The van der Waals surface area contributed by atoms with Gasteiger partial charge in [-0.1, -0.05) is 18.2 Å². The number of likely N-dealkylation sites (tertiary alicyclic amines) is 1. The number of ether oxygens (including phenoxy) is 1. The number of esters is 1. The van der Waals surface area contributed by atoms with Crippen LogP contribution in [0.5, 0.6) is 0 Å². The first-order valence-electron chi connectivity index (χ1n) is 9.35. The highest BCUT2D eigenvalue weighted by Crippen LogP contribution is 2.27. The van der Waals surface area contributed by atoms with Gasteiger partial charge in [0.25, 0.3) is 0 Å². The van der Waals surface area contributed by atoms with Crippen molar-refractivity contribution in [2.24, 2.45) is 11.8 Å². The number of carbonyl (C=O) groups is 2. The minimum Gasteiger partial charge on any atom is -0.469 e. The Hall–Kier alpha value is -1.93. The fourth-order valence-corrected chi connectivity index (χ4v) is 5.41. The van der Waals surface area contributed by atoms with Gasteiger partial charge in [-0.25, -0.2) is 8.42 Å². The van der Waals surface area contributed by atoms with Crippen molar-refractivity contribution in [1.29, 1.82) is 0 Å². The molecule has 2 fully saturated rings. The summed E-state index contributed by atoms with van der Waals surface area (Å²) in [4.78, 5) is 26.6. The molecule has 0 aliphatic carbocycles. The van der Waals surface area contributed by atoms with E-state index in [2.05, 4.69) is 0 Å². The number of methoxy groups -OCH3 is 1. The van der Waals surface area contributed by atoms with Gasteiger partial charge >= 0.3 is 5.97 Å². The van der Waals surface area contributed by atoms with E-state index < -0.39 is 10.0 Å². The Kier molecular flexibility index (Phi) is 6.16. The molecule has 0 bridgehead atoms. The average molecular weight is 394 g/mol. The van der Waals surface area contributed by atoms with E-state index in [-0.39, 0.29) is 35.2 Å². The van der Waals surface area contributed by atoms with Gasteiger partial charge in [-0.15, -0.1) is 0 Å². The number of hydrogen-bond acceptors (Lipinski definition) is 5. The van der Waals surface area contributed by atoms with Crippen molar-refractivity contribution in [3.8, 4) is 0 Å². The number of benzene rings is 1. The van der Waals surface area contributed by atoms with Gasteiger partial charge in [0.2, 0.25) is 15.9 Å². The maximum absolute atomic E-state index is 12.9. The van der Waals surface area contributed by atoms with Gasteiger partial charge in [-0.2, -0.15) is 4.31 Å². The summed E-state index contributed by atoms with van der Waals surface area (Å²) in [6.07, 6.45) is 2.55. The van der Waals surface area contributed by atoms with E-state index in [0.717, 1.165) is 0 Å². The third kappa shape index (κ3) is 4.32. The molecule has 3 rings (SSSR count). The number of hydrogen-bond donors (Lipinski definition) is 0. The van der Waals surface area contributed by atoms with Crippen molar-refractivity contribution >= 4 is 21.9 Å². The molecule has 1 atom stereocenters. The lowest BCUT2D eigenvalue weighted by atomic mass is 9.93. The summed E-state index contributed by atoms with van der Waals surface area (Å²) in [5.74, 6) is -0.710. The highest BCUT2D eigenvalue weighted by molar-refractivity contribution is 7.89. The van der Waals surface area contributed by atoms with Crippen molar-refractivity contribution in [1.82, 2.24) is 9.21 Å². The van der Waals surface area contributed by atoms with Gasteiger partial charge in [-0.05, 0) is 37.8 Å². The zero-order valence-corrected chi connectivity index (χ0v) is 16.4. The van der Waals surface area contributed by atoms with E-state index in [1.165, 1.54) is 11.4 Å². The highest BCUT2D eigenvalue weighted by Gasteiger charge is 2.36. The standard InChI is InChI=1S/C19H26N2O5S/c1-26-19(23)15-9-12-20(13-10-15)18(22)16-6-5-11-21(14-16)27(24,25)17-7-3-2-4-8-17/h2-4,7-8,15-16H,5-6,9-14H2,1H3. The monoisotopic (exact) mass is 394 g/mol. The molecule has 2 aliphatic rings. The van der Waals surface area contributed by atoms with Crippen LogP contribution in [-0.2, 0) is 24.3 Å². The van der Waals surface area contributed by atoms with Crippen LogP contribution < -0.4 is 0 Å². The van der Waals surface area contributed by atoms with Crippen LogP contribution in [0.3, 0.4) is 0 Å². The SMILES string of the molecule is COC(=O)C1CCN(C(=O)C2CCCN(S(=O)(=O)c3ccccc3)C2)CC1. The molecular weight excluding hydrogens is 368 g/mol. The third-order valence-electron chi connectivity index (χ3n) is 5.46. The summed E-state index contributed by atoms with van der Waals surface area (Å²) in [6.45, 7) is 1.68. The number of nitrogens with zero attached hydrogens (tertiary/aromatic N) is 2. The number of rotatable bonds is 4. The second kappa shape index (κ2) is 8.39. The van der Waals surface area contributed by atoms with Gasteiger partial charge in [0.05, 0.1) is 23.8 Å². The molecule has 27 heavy (non-hydrogen) atoms. The molecule has 1 amide bonds. The van der Waals surface area contributed by atoms with E-state index in [9.17, 15) is 18.0 Å². The molecule has 0 saturated carbocycles. The fourth-order valence-electron chi connectivity index (χ4n) is 3.86. The molecule has 0 aromatic heterocycles. The Morgan fingerprint density at radius 2 is 1.67 bits per heavy atom. The Bertz CT molecular complexity index is 773. The molecule has 2 heterocycles. The van der Waals surface area contributed by atoms with Crippen LogP contribution >= 0.6 is 0 Å². The summed E-state index contributed by atoms with van der Waals surface area (Å²) in [5.41, 5.74) is 0. The van der Waals surface area contributed by atoms with Crippen LogP contribution in [0.1, 0.15) is 25.7 Å². The summed E-state index contributed by atoms with van der Waals surface area (Å²) in [6, 6.07) is 8.34. The minimum atomic E-state index is -3.58. The van der Waals surface area contributed by atoms with E-state index in [1.54, 1.807) is 35.2 Å². The van der Waals surface area contributed by atoms with Crippen molar-refractivity contribution in [2.75, 3.05) is 33.3 Å². The number of piperidine rings is 2. The molecule has 1 aromatic rings. The van der Waals surface area contributed by atoms with Crippen molar-refractivity contribution in [2.45, 2.75) is 30.6 Å². The van der Waals surface area contributed by atoms with Gasteiger partial charge in [0, 0.05) is 26.2 Å². The zero-order chi connectivity index (χ0) is 19.4. The molecular formula is C19H26N2O5S. The minimum absolute atomic E-state index is 0.00808. The van der Waals surface area contributed by atoms with E-state index in [1.807, 2.05) is 0 Å². The second-order valence-electron chi connectivity index (χ2n) is 7.14. The molecule has 2 saturated heterocycles. The van der Waals surface area contributed by atoms with Crippen LogP contribution in [-0.4, -0.2) is 62.8 Å². The largest absolute Gasteiger partial charge is 0.469 e. The molecule has 0 N–H and O–H groups in total. The van der Waals surface area contributed by atoms with Crippen molar-refractivity contribution < 1.29 is 22.7 Å². The van der Waals surface area contributed by atoms with Crippen LogP contribution in [0.2, 0.25) is 0 Å². The molecule has 7 nitrogen and oxygen atoms in total. The first kappa shape index (κ1) is 19.8. The summed E-state index contributed by atoms with van der Waals surface area (Å²) in [7, 11) is -2.20.